The number of hydrogen-bond acceptors (Lipinski definition) is 6. The summed E-state index contributed by atoms with van der Waals surface area (Å²) in [5, 5.41) is 0. The first-order chi connectivity index (χ1) is 12.9. The van der Waals surface area contributed by atoms with Crippen molar-refractivity contribution in [1.29, 1.82) is 0 Å². The maximum atomic E-state index is 12.9. The Morgan fingerprint density at radius 1 is 1.15 bits per heavy atom. The molecule has 0 bridgehead atoms. The van der Waals surface area contributed by atoms with E-state index in [0.29, 0.717) is 49.8 Å². The van der Waals surface area contributed by atoms with E-state index >= 15 is 0 Å². The smallest absolute Gasteiger partial charge is 0.272 e. The van der Waals surface area contributed by atoms with Crippen LogP contribution < -0.4 is 5.73 Å². The molecule has 0 aliphatic carbocycles. The molecule has 1 saturated heterocycles. The van der Waals surface area contributed by atoms with Crippen molar-refractivity contribution in [2.24, 2.45) is 5.92 Å². The highest BCUT2D eigenvalue weighted by atomic mass is 16.3. The topological polar surface area (TPSA) is 106 Å². The molecular formula is C19H25N5O3. The molecule has 0 spiro atoms. The third-order valence-corrected chi connectivity index (χ3v) is 4.47. The van der Waals surface area contributed by atoms with Crippen LogP contribution in [0.15, 0.2) is 29.1 Å². The van der Waals surface area contributed by atoms with Crippen molar-refractivity contribution in [3.8, 4) is 0 Å². The van der Waals surface area contributed by atoms with Gasteiger partial charge in [-0.1, -0.05) is 13.8 Å². The lowest BCUT2D eigenvalue weighted by Crippen LogP contribution is -2.37. The zero-order valence-corrected chi connectivity index (χ0v) is 15.7. The van der Waals surface area contributed by atoms with Crippen molar-refractivity contribution >= 4 is 17.8 Å². The number of carbonyl (C=O) groups is 2. The van der Waals surface area contributed by atoms with E-state index in [-0.39, 0.29) is 17.8 Å². The van der Waals surface area contributed by atoms with Gasteiger partial charge in [0.2, 0.25) is 5.95 Å². The van der Waals surface area contributed by atoms with Crippen molar-refractivity contribution in [2.45, 2.75) is 26.7 Å². The molecule has 0 radical (unpaired) electrons. The van der Waals surface area contributed by atoms with Crippen LogP contribution in [-0.4, -0.2) is 57.8 Å². The standard InChI is InChI=1S/C19H25N5O3/c1-13(2)10-15-11-16(22-19(20)21-15)18(26)24-6-3-5-23(7-8-24)17(25)14-4-9-27-12-14/h4,9,11-13H,3,5-8,10H2,1-2H3,(H2,20,21,22). The molecular weight excluding hydrogens is 346 g/mol. The Balaban J connectivity index is 1.69. The van der Waals surface area contributed by atoms with Gasteiger partial charge in [-0.3, -0.25) is 9.59 Å². The molecule has 0 saturated carbocycles. The van der Waals surface area contributed by atoms with Crippen LogP contribution in [0.3, 0.4) is 0 Å². The Hall–Kier alpha value is -2.90. The van der Waals surface area contributed by atoms with Crippen LogP contribution in [0.25, 0.3) is 0 Å². The van der Waals surface area contributed by atoms with Gasteiger partial charge in [-0.15, -0.1) is 0 Å². The summed E-state index contributed by atoms with van der Waals surface area (Å²) in [6.45, 7) is 6.25. The Kier molecular flexibility index (Phi) is 5.73. The summed E-state index contributed by atoms with van der Waals surface area (Å²) in [6.07, 6.45) is 4.36. The lowest BCUT2D eigenvalue weighted by Gasteiger charge is -2.22. The fourth-order valence-corrected chi connectivity index (χ4v) is 3.20. The van der Waals surface area contributed by atoms with Crippen LogP contribution in [0.1, 0.15) is 46.8 Å². The Bertz CT molecular complexity index is 804. The van der Waals surface area contributed by atoms with Gasteiger partial charge in [0.25, 0.3) is 11.8 Å². The number of carbonyl (C=O) groups excluding carboxylic acids is 2. The number of aromatic nitrogens is 2. The van der Waals surface area contributed by atoms with Gasteiger partial charge >= 0.3 is 0 Å². The molecule has 1 aliphatic heterocycles. The molecule has 2 amide bonds. The van der Waals surface area contributed by atoms with Crippen LogP contribution in [0.4, 0.5) is 5.95 Å². The molecule has 2 aromatic rings. The van der Waals surface area contributed by atoms with E-state index in [2.05, 4.69) is 23.8 Å². The van der Waals surface area contributed by atoms with Gasteiger partial charge < -0.3 is 20.0 Å². The molecule has 2 aromatic heterocycles. The molecule has 0 atom stereocenters. The highest BCUT2D eigenvalue weighted by molar-refractivity contribution is 5.94. The molecule has 3 rings (SSSR count). The molecule has 3 heterocycles. The monoisotopic (exact) mass is 371 g/mol. The minimum Gasteiger partial charge on any atom is -0.472 e. The van der Waals surface area contributed by atoms with Crippen LogP contribution in [0.5, 0.6) is 0 Å². The summed E-state index contributed by atoms with van der Waals surface area (Å²) >= 11 is 0. The normalized spacial score (nSPS) is 15.1. The summed E-state index contributed by atoms with van der Waals surface area (Å²) in [7, 11) is 0. The first kappa shape index (κ1) is 18.9. The third-order valence-electron chi connectivity index (χ3n) is 4.47. The van der Waals surface area contributed by atoms with Crippen LogP contribution in [0.2, 0.25) is 0 Å². The fourth-order valence-electron chi connectivity index (χ4n) is 3.20. The molecule has 144 valence electrons. The van der Waals surface area contributed by atoms with Crippen LogP contribution in [-0.2, 0) is 6.42 Å². The SMILES string of the molecule is CC(C)Cc1cc(C(=O)N2CCCN(C(=O)c3ccoc3)CC2)nc(N)n1. The number of hydrogen-bond donors (Lipinski definition) is 1. The van der Waals surface area contributed by atoms with Crippen molar-refractivity contribution < 1.29 is 14.0 Å². The lowest BCUT2D eigenvalue weighted by molar-refractivity contribution is 0.0715. The summed E-state index contributed by atoms with van der Waals surface area (Å²) in [5.74, 6) is 0.265. The number of rotatable bonds is 4. The van der Waals surface area contributed by atoms with E-state index < -0.39 is 0 Å². The van der Waals surface area contributed by atoms with E-state index in [0.717, 1.165) is 12.1 Å². The number of amides is 2. The highest BCUT2D eigenvalue weighted by Crippen LogP contribution is 2.14. The van der Waals surface area contributed by atoms with Gasteiger partial charge in [0.15, 0.2) is 0 Å². The number of furan rings is 1. The minimum absolute atomic E-state index is 0.0800. The van der Waals surface area contributed by atoms with Gasteiger partial charge in [0.1, 0.15) is 12.0 Å². The highest BCUT2D eigenvalue weighted by Gasteiger charge is 2.25. The number of nitrogen functional groups attached to an aromatic ring is 1. The van der Waals surface area contributed by atoms with Crippen molar-refractivity contribution in [2.75, 3.05) is 31.9 Å². The zero-order valence-electron chi connectivity index (χ0n) is 15.7. The zero-order chi connectivity index (χ0) is 19.4. The number of nitrogens with two attached hydrogens (primary N) is 1. The largest absolute Gasteiger partial charge is 0.472 e. The predicted molar refractivity (Wildman–Crippen MR) is 100 cm³/mol. The fraction of sp³-hybridized carbons (Fsp3) is 0.474. The molecule has 1 aliphatic rings. The minimum atomic E-state index is -0.174. The van der Waals surface area contributed by atoms with E-state index in [1.807, 2.05) is 0 Å². The van der Waals surface area contributed by atoms with Gasteiger partial charge in [-0.05, 0) is 30.9 Å². The molecule has 0 unspecified atom stereocenters. The summed E-state index contributed by atoms with van der Waals surface area (Å²) < 4.78 is 4.99. The second kappa shape index (κ2) is 8.20. The summed E-state index contributed by atoms with van der Waals surface area (Å²) in [4.78, 5) is 37.2. The molecule has 2 N–H and O–H groups in total. The van der Waals surface area contributed by atoms with E-state index in [1.54, 1.807) is 21.9 Å². The van der Waals surface area contributed by atoms with Crippen LogP contribution >= 0.6 is 0 Å². The molecule has 0 aromatic carbocycles. The Labute approximate surface area is 158 Å². The van der Waals surface area contributed by atoms with Gasteiger partial charge in [0.05, 0.1) is 11.8 Å². The second-order valence-electron chi connectivity index (χ2n) is 7.15. The maximum Gasteiger partial charge on any atom is 0.272 e. The lowest BCUT2D eigenvalue weighted by atomic mass is 10.1. The Morgan fingerprint density at radius 3 is 2.48 bits per heavy atom. The van der Waals surface area contributed by atoms with E-state index in [9.17, 15) is 9.59 Å². The molecule has 1 fully saturated rings. The maximum absolute atomic E-state index is 12.9. The predicted octanol–water partition coefficient (Wildman–Crippen LogP) is 1.84. The first-order valence-corrected chi connectivity index (χ1v) is 9.18. The van der Waals surface area contributed by atoms with E-state index in [1.165, 1.54) is 12.5 Å². The average Bonchev–Trinajstić information content (AvgIpc) is 3.04. The molecule has 8 nitrogen and oxygen atoms in total. The van der Waals surface area contributed by atoms with Crippen molar-refractivity contribution in [3.05, 3.63) is 41.6 Å². The van der Waals surface area contributed by atoms with Gasteiger partial charge in [0, 0.05) is 31.9 Å². The average molecular weight is 371 g/mol. The van der Waals surface area contributed by atoms with Crippen molar-refractivity contribution in [1.82, 2.24) is 19.8 Å². The number of nitrogens with zero attached hydrogens (tertiary/aromatic N) is 4. The summed E-state index contributed by atoms with van der Waals surface area (Å²) in [6, 6.07) is 3.37. The number of anilines is 1. The first-order valence-electron chi connectivity index (χ1n) is 9.18. The Morgan fingerprint density at radius 2 is 1.85 bits per heavy atom. The van der Waals surface area contributed by atoms with Gasteiger partial charge in [-0.25, -0.2) is 9.97 Å². The summed E-state index contributed by atoms with van der Waals surface area (Å²) in [5.41, 5.74) is 7.40. The quantitative estimate of drug-likeness (QED) is 0.879. The second-order valence-corrected chi connectivity index (χ2v) is 7.15. The third kappa shape index (κ3) is 4.64. The van der Waals surface area contributed by atoms with Crippen LogP contribution in [0, 0.1) is 5.92 Å². The van der Waals surface area contributed by atoms with E-state index in [4.69, 9.17) is 10.2 Å². The molecule has 8 heteroatoms. The van der Waals surface area contributed by atoms with Gasteiger partial charge in [-0.2, -0.15) is 0 Å². The van der Waals surface area contributed by atoms with Crippen molar-refractivity contribution in [3.63, 3.8) is 0 Å². The molecule has 27 heavy (non-hydrogen) atoms.